The van der Waals surface area contributed by atoms with Gasteiger partial charge in [-0.1, -0.05) is 44.2 Å². The van der Waals surface area contributed by atoms with Crippen molar-refractivity contribution in [1.29, 1.82) is 0 Å². The van der Waals surface area contributed by atoms with E-state index in [1.54, 1.807) is 68.7 Å². The molecule has 0 unspecified atom stereocenters. The lowest BCUT2D eigenvalue weighted by Crippen LogP contribution is -2.39. The number of methoxy groups -OCH3 is 1. The molecule has 5 aromatic rings. The summed E-state index contributed by atoms with van der Waals surface area (Å²) in [5, 5.41) is 12.0. The summed E-state index contributed by atoms with van der Waals surface area (Å²) in [7, 11) is 1.56. The largest absolute Gasteiger partial charge is 0.508 e. The average molecular weight is 541 g/mol. The Morgan fingerprint density at radius 1 is 0.795 bits per heavy atom. The van der Waals surface area contributed by atoms with E-state index in [4.69, 9.17) is 14.2 Å². The Balaban J connectivity index is 1.93. The molecule has 0 amide bonds. The van der Waals surface area contributed by atoms with E-state index in [2.05, 4.69) is 6.07 Å². The topological polar surface area (TPSA) is 82.1 Å². The number of ether oxygens (including phenoxy) is 3. The average Bonchev–Trinajstić information content (AvgIpc) is 3.35. The molecule has 0 saturated heterocycles. The number of thiophene rings is 1. The third kappa shape index (κ3) is 4.81. The van der Waals surface area contributed by atoms with Gasteiger partial charge in [-0.15, -0.1) is 11.3 Å². The predicted molar refractivity (Wildman–Crippen MR) is 153 cm³/mol. The lowest BCUT2D eigenvalue weighted by Gasteiger charge is -2.35. The highest BCUT2D eigenvalue weighted by molar-refractivity contribution is 7.25. The summed E-state index contributed by atoms with van der Waals surface area (Å²) in [5.74, 6) is -2.20. The maximum atomic E-state index is 13.0. The van der Waals surface area contributed by atoms with Crippen LogP contribution < -0.4 is 4.74 Å². The molecule has 198 valence electrons. The van der Waals surface area contributed by atoms with E-state index in [0.29, 0.717) is 16.9 Å². The lowest BCUT2D eigenvalue weighted by atomic mass is 9.86. The van der Waals surface area contributed by atoms with Gasteiger partial charge in [0.25, 0.3) is 0 Å². The van der Waals surface area contributed by atoms with E-state index in [0.717, 1.165) is 31.3 Å². The molecule has 0 saturated carbocycles. The fraction of sp³-hybridized carbons (Fsp3) is 0.188. The molecule has 0 aliphatic rings. The van der Waals surface area contributed by atoms with Gasteiger partial charge in [0.1, 0.15) is 11.5 Å². The van der Waals surface area contributed by atoms with Crippen LogP contribution in [0.15, 0.2) is 84.9 Å². The summed E-state index contributed by atoms with van der Waals surface area (Å²) in [6.07, 6.45) is 0.166. The van der Waals surface area contributed by atoms with Crippen LogP contribution in [0.2, 0.25) is 0 Å². The Labute approximate surface area is 230 Å². The summed E-state index contributed by atoms with van der Waals surface area (Å²) >= 11 is 1.65. The molecule has 0 aliphatic carbocycles. The van der Waals surface area contributed by atoms with Crippen molar-refractivity contribution in [1.82, 2.24) is 0 Å². The van der Waals surface area contributed by atoms with Crippen molar-refractivity contribution in [2.75, 3.05) is 7.11 Å². The van der Waals surface area contributed by atoms with E-state index in [9.17, 15) is 14.7 Å². The van der Waals surface area contributed by atoms with E-state index in [1.165, 1.54) is 0 Å². The van der Waals surface area contributed by atoms with Crippen molar-refractivity contribution in [2.45, 2.75) is 32.5 Å². The van der Waals surface area contributed by atoms with Gasteiger partial charge in [0, 0.05) is 49.7 Å². The summed E-state index contributed by atoms with van der Waals surface area (Å²) < 4.78 is 19.8. The number of hydrogen-bond acceptors (Lipinski definition) is 7. The van der Waals surface area contributed by atoms with Crippen LogP contribution in [0.3, 0.4) is 0 Å². The molecule has 1 heterocycles. The van der Waals surface area contributed by atoms with Crippen LogP contribution in [0.1, 0.15) is 37.8 Å². The minimum Gasteiger partial charge on any atom is -0.508 e. The Morgan fingerprint density at radius 2 is 1.44 bits per heavy atom. The number of hydrogen-bond donors (Lipinski definition) is 1. The second-order valence-electron chi connectivity index (χ2n) is 9.01. The van der Waals surface area contributed by atoms with Crippen molar-refractivity contribution in [3.63, 3.8) is 0 Å². The molecule has 0 atom stereocenters. The third-order valence-corrected chi connectivity index (χ3v) is 7.75. The monoisotopic (exact) mass is 540 g/mol. The van der Waals surface area contributed by atoms with Gasteiger partial charge in [-0.05, 0) is 60.2 Å². The molecule has 0 radical (unpaired) electrons. The van der Waals surface area contributed by atoms with E-state index < -0.39 is 17.7 Å². The molecule has 0 fully saturated rings. The summed E-state index contributed by atoms with van der Waals surface area (Å²) in [6, 6.07) is 25.7. The van der Waals surface area contributed by atoms with Crippen LogP contribution >= 0.6 is 11.3 Å². The van der Waals surface area contributed by atoms with Gasteiger partial charge in [0.2, 0.25) is 0 Å². The number of phenolic OH excluding ortho intramolecular Hbond substituents is 1. The molecular weight excluding hydrogens is 512 g/mol. The van der Waals surface area contributed by atoms with Crippen LogP contribution in [0, 0.1) is 0 Å². The number of phenols is 1. The highest BCUT2D eigenvalue weighted by Gasteiger charge is 2.45. The molecule has 0 aliphatic heterocycles. The Bertz CT molecular complexity index is 1630. The first kappa shape index (κ1) is 26.3. The van der Waals surface area contributed by atoms with Crippen LogP contribution in [0.5, 0.6) is 11.5 Å². The van der Waals surface area contributed by atoms with Crippen LogP contribution in [0.4, 0.5) is 0 Å². The molecular formula is C32H28O6S. The van der Waals surface area contributed by atoms with Gasteiger partial charge in [-0.2, -0.15) is 0 Å². The summed E-state index contributed by atoms with van der Waals surface area (Å²) in [5.41, 5.74) is 2.48. The Morgan fingerprint density at radius 3 is 2.05 bits per heavy atom. The van der Waals surface area contributed by atoms with Gasteiger partial charge < -0.3 is 19.3 Å². The molecule has 7 heteroatoms. The lowest BCUT2D eigenvalue weighted by molar-refractivity contribution is -0.218. The Hall–Kier alpha value is -4.36. The molecule has 5 rings (SSSR count). The predicted octanol–water partition coefficient (Wildman–Crippen LogP) is 7.54. The highest BCUT2D eigenvalue weighted by Crippen LogP contribution is 2.48. The molecule has 39 heavy (non-hydrogen) atoms. The van der Waals surface area contributed by atoms with Crippen molar-refractivity contribution < 1.29 is 28.9 Å². The second kappa shape index (κ2) is 10.8. The SMILES string of the molecule is CCC(=O)OC(OC(=O)CC)(c1ccc(OC)cc1)c1ccc2sc3ccccc3c2c1-c1ccc(O)cc1. The van der Waals surface area contributed by atoms with E-state index in [-0.39, 0.29) is 18.6 Å². The van der Waals surface area contributed by atoms with E-state index in [1.807, 2.05) is 42.5 Å². The van der Waals surface area contributed by atoms with Gasteiger partial charge in [0.05, 0.1) is 7.11 Å². The molecule has 1 N–H and O–H groups in total. The molecule has 0 bridgehead atoms. The standard InChI is InChI=1S/C32H28O6S/c1-4-28(34)37-32(38-29(35)5-2,21-12-16-23(36-3)17-13-21)25-18-19-27-31(24-8-6-7-9-26(24)39-27)30(25)20-10-14-22(33)15-11-20/h6-19,33H,4-5H2,1-3H3. The van der Waals surface area contributed by atoms with Gasteiger partial charge >= 0.3 is 17.7 Å². The number of aromatic hydroxyl groups is 1. The molecule has 0 spiro atoms. The third-order valence-electron chi connectivity index (χ3n) is 6.62. The van der Waals surface area contributed by atoms with Crippen molar-refractivity contribution >= 4 is 43.4 Å². The number of esters is 2. The first-order valence-electron chi connectivity index (χ1n) is 12.7. The zero-order chi connectivity index (χ0) is 27.6. The van der Waals surface area contributed by atoms with Crippen LogP contribution in [-0.4, -0.2) is 24.2 Å². The number of carbonyl (C=O) groups is 2. The number of carbonyl (C=O) groups excluding carboxylic acids is 2. The Kier molecular flexibility index (Phi) is 7.26. The number of rotatable bonds is 8. The van der Waals surface area contributed by atoms with Gasteiger partial charge in [-0.25, -0.2) is 0 Å². The summed E-state index contributed by atoms with van der Waals surface area (Å²) in [6.45, 7) is 3.39. The highest BCUT2D eigenvalue weighted by atomic mass is 32.1. The molecule has 1 aromatic heterocycles. The van der Waals surface area contributed by atoms with Gasteiger partial charge in [0.15, 0.2) is 0 Å². The normalized spacial score (nSPS) is 11.5. The quantitative estimate of drug-likeness (QED) is 0.162. The van der Waals surface area contributed by atoms with Crippen LogP contribution in [-0.2, 0) is 24.8 Å². The fourth-order valence-corrected chi connectivity index (χ4v) is 5.81. The number of benzene rings is 4. The smallest absolute Gasteiger partial charge is 0.311 e. The summed E-state index contributed by atoms with van der Waals surface area (Å²) in [4.78, 5) is 26.0. The minimum atomic E-state index is -1.88. The first-order chi connectivity index (χ1) is 18.9. The van der Waals surface area contributed by atoms with Crippen LogP contribution in [0.25, 0.3) is 31.3 Å². The van der Waals surface area contributed by atoms with Crippen molar-refractivity contribution in [3.05, 3.63) is 96.1 Å². The maximum Gasteiger partial charge on any atom is 0.311 e. The molecule has 6 nitrogen and oxygen atoms in total. The second-order valence-corrected chi connectivity index (χ2v) is 10.1. The van der Waals surface area contributed by atoms with Crippen molar-refractivity contribution in [2.24, 2.45) is 0 Å². The zero-order valence-electron chi connectivity index (χ0n) is 21.9. The van der Waals surface area contributed by atoms with Gasteiger partial charge in [-0.3, -0.25) is 9.59 Å². The fourth-order valence-electron chi connectivity index (χ4n) is 4.70. The number of fused-ring (bicyclic) bond motifs is 3. The maximum absolute atomic E-state index is 13.0. The van der Waals surface area contributed by atoms with E-state index >= 15 is 0 Å². The zero-order valence-corrected chi connectivity index (χ0v) is 22.7. The minimum absolute atomic E-state index is 0.0831. The first-order valence-corrected chi connectivity index (χ1v) is 13.5. The molecule has 4 aromatic carbocycles. The van der Waals surface area contributed by atoms with Crippen molar-refractivity contribution in [3.8, 4) is 22.6 Å².